The van der Waals surface area contributed by atoms with Crippen LogP contribution >= 0.6 is 0 Å². The summed E-state index contributed by atoms with van der Waals surface area (Å²) in [4.78, 5) is 10.7. The third-order valence-electron chi connectivity index (χ3n) is 2.20. The molecule has 0 spiro atoms. The molecule has 0 saturated carbocycles. The van der Waals surface area contributed by atoms with Crippen LogP contribution in [0.3, 0.4) is 0 Å². The number of carboxylic acid groups (broad SMARTS) is 1. The molecule has 3 nitrogen and oxygen atoms in total. The van der Waals surface area contributed by atoms with Crippen molar-refractivity contribution in [1.29, 1.82) is 0 Å². The fourth-order valence-corrected chi connectivity index (χ4v) is 0.911. The first-order valence-electron chi connectivity index (χ1n) is 5.03. The van der Waals surface area contributed by atoms with Crippen molar-refractivity contribution in [2.45, 2.75) is 39.3 Å². The SMILES string of the molecule is CC(C)(CCOCCCC(F)(F)F)C(=O)O. The summed E-state index contributed by atoms with van der Waals surface area (Å²) in [5.74, 6) is -0.939. The number of alkyl halides is 3. The van der Waals surface area contributed by atoms with Gasteiger partial charge < -0.3 is 9.84 Å². The zero-order chi connectivity index (χ0) is 12.8. The van der Waals surface area contributed by atoms with Gasteiger partial charge in [-0.15, -0.1) is 0 Å². The number of halogens is 3. The fraction of sp³-hybridized carbons (Fsp3) is 0.900. The molecule has 0 aliphatic rings. The highest BCUT2D eigenvalue weighted by atomic mass is 19.4. The van der Waals surface area contributed by atoms with E-state index in [2.05, 4.69) is 0 Å². The Labute approximate surface area is 92.6 Å². The summed E-state index contributed by atoms with van der Waals surface area (Å²) in [6.07, 6.45) is -4.82. The Balaban J connectivity index is 3.52. The van der Waals surface area contributed by atoms with Gasteiger partial charge >= 0.3 is 12.1 Å². The molecule has 0 radical (unpaired) electrons. The van der Waals surface area contributed by atoms with E-state index in [1.807, 2.05) is 0 Å². The number of aliphatic carboxylic acids is 1. The third kappa shape index (κ3) is 7.50. The molecule has 1 N–H and O–H groups in total. The fourth-order valence-electron chi connectivity index (χ4n) is 0.911. The van der Waals surface area contributed by atoms with Gasteiger partial charge in [0.1, 0.15) is 0 Å². The van der Waals surface area contributed by atoms with Gasteiger partial charge in [0, 0.05) is 19.6 Å². The Morgan fingerprint density at radius 3 is 2.19 bits per heavy atom. The van der Waals surface area contributed by atoms with Gasteiger partial charge in [0.25, 0.3) is 0 Å². The Morgan fingerprint density at radius 1 is 1.19 bits per heavy atom. The van der Waals surface area contributed by atoms with Gasteiger partial charge in [0.15, 0.2) is 0 Å². The summed E-state index contributed by atoms with van der Waals surface area (Å²) in [6, 6.07) is 0. The highest BCUT2D eigenvalue weighted by molar-refractivity contribution is 5.73. The first-order valence-corrected chi connectivity index (χ1v) is 5.03. The monoisotopic (exact) mass is 242 g/mol. The van der Waals surface area contributed by atoms with Crippen LogP contribution in [0.1, 0.15) is 33.1 Å². The minimum absolute atomic E-state index is 0.00914. The molecule has 0 aromatic heterocycles. The van der Waals surface area contributed by atoms with Crippen molar-refractivity contribution >= 4 is 5.97 Å². The summed E-state index contributed by atoms with van der Waals surface area (Å²) in [5, 5.41) is 8.75. The van der Waals surface area contributed by atoms with E-state index in [9.17, 15) is 18.0 Å². The summed E-state index contributed by atoms with van der Waals surface area (Å²) in [7, 11) is 0. The van der Waals surface area contributed by atoms with Crippen molar-refractivity contribution in [2.75, 3.05) is 13.2 Å². The smallest absolute Gasteiger partial charge is 0.389 e. The van der Waals surface area contributed by atoms with Gasteiger partial charge in [-0.25, -0.2) is 0 Å². The van der Waals surface area contributed by atoms with Crippen LogP contribution in [0.2, 0.25) is 0 Å². The van der Waals surface area contributed by atoms with Crippen molar-refractivity contribution in [1.82, 2.24) is 0 Å². The predicted octanol–water partition coefficient (Wildman–Crippen LogP) is 2.85. The van der Waals surface area contributed by atoms with Crippen LogP contribution in [0.25, 0.3) is 0 Å². The van der Waals surface area contributed by atoms with Crippen molar-refractivity contribution in [3.05, 3.63) is 0 Å². The van der Waals surface area contributed by atoms with Gasteiger partial charge in [0.05, 0.1) is 5.41 Å². The van der Waals surface area contributed by atoms with Crippen LogP contribution in [-0.2, 0) is 9.53 Å². The molecule has 0 aromatic rings. The predicted molar refractivity (Wildman–Crippen MR) is 52.1 cm³/mol. The lowest BCUT2D eigenvalue weighted by atomic mass is 9.90. The van der Waals surface area contributed by atoms with Crippen LogP contribution < -0.4 is 0 Å². The number of ether oxygens (including phenoxy) is 1. The minimum atomic E-state index is -4.15. The second-order valence-electron chi connectivity index (χ2n) is 4.27. The van der Waals surface area contributed by atoms with E-state index >= 15 is 0 Å². The lowest BCUT2D eigenvalue weighted by Gasteiger charge is -2.18. The maximum atomic E-state index is 11.7. The third-order valence-corrected chi connectivity index (χ3v) is 2.20. The van der Waals surface area contributed by atoms with E-state index in [-0.39, 0.29) is 26.1 Å². The highest BCUT2D eigenvalue weighted by Gasteiger charge is 2.27. The van der Waals surface area contributed by atoms with E-state index < -0.39 is 24.0 Å². The molecule has 0 fully saturated rings. The number of hydrogen-bond donors (Lipinski definition) is 1. The Bertz CT molecular complexity index is 224. The summed E-state index contributed by atoms with van der Waals surface area (Å²) >= 11 is 0. The average Bonchev–Trinajstić information content (AvgIpc) is 2.09. The van der Waals surface area contributed by atoms with Gasteiger partial charge in [-0.3, -0.25) is 4.79 Å². The second-order valence-corrected chi connectivity index (χ2v) is 4.27. The zero-order valence-electron chi connectivity index (χ0n) is 9.43. The summed E-state index contributed by atoms with van der Waals surface area (Å²) < 4.78 is 40.1. The largest absolute Gasteiger partial charge is 0.481 e. The molecular formula is C10H17F3O3. The zero-order valence-corrected chi connectivity index (χ0v) is 9.43. The Morgan fingerprint density at radius 2 is 1.75 bits per heavy atom. The van der Waals surface area contributed by atoms with Crippen LogP contribution in [0.5, 0.6) is 0 Å². The number of carboxylic acids is 1. The van der Waals surface area contributed by atoms with Crippen molar-refractivity contribution < 1.29 is 27.8 Å². The molecule has 16 heavy (non-hydrogen) atoms. The highest BCUT2D eigenvalue weighted by Crippen LogP contribution is 2.22. The van der Waals surface area contributed by atoms with Gasteiger partial charge in [-0.2, -0.15) is 13.2 Å². The molecule has 96 valence electrons. The van der Waals surface area contributed by atoms with Crippen LogP contribution in [0.4, 0.5) is 13.2 Å². The van der Waals surface area contributed by atoms with Gasteiger partial charge in [-0.1, -0.05) is 0 Å². The average molecular weight is 242 g/mol. The lowest BCUT2D eigenvalue weighted by Crippen LogP contribution is -2.25. The maximum absolute atomic E-state index is 11.7. The summed E-state index contributed by atoms with van der Waals surface area (Å²) in [6.45, 7) is 3.27. The molecule has 0 rings (SSSR count). The minimum Gasteiger partial charge on any atom is -0.481 e. The van der Waals surface area contributed by atoms with Crippen LogP contribution in [0, 0.1) is 5.41 Å². The van der Waals surface area contributed by atoms with Crippen molar-refractivity contribution in [3.63, 3.8) is 0 Å². The molecule has 0 atom stereocenters. The molecular weight excluding hydrogens is 225 g/mol. The lowest BCUT2D eigenvalue weighted by molar-refractivity contribution is -0.148. The quantitative estimate of drug-likeness (QED) is 0.698. The van der Waals surface area contributed by atoms with E-state index in [1.54, 1.807) is 13.8 Å². The topological polar surface area (TPSA) is 46.5 Å². The molecule has 0 saturated heterocycles. The number of hydrogen-bond acceptors (Lipinski definition) is 2. The standard InChI is InChI=1S/C10H17F3O3/c1-9(2,8(14)15)5-7-16-6-3-4-10(11,12)13/h3-7H2,1-2H3,(H,14,15). The van der Waals surface area contributed by atoms with E-state index in [4.69, 9.17) is 9.84 Å². The maximum Gasteiger partial charge on any atom is 0.389 e. The summed E-state index contributed by atoms with van der Waals surface area (Å²) in [5.41, 5.74) is -0.899. The normalized spacial score (nSPS) is 12.8. The molecule has 0 aromatic carbocycles. The first kappa shape index (κ1) is 15.2. The van der Waals surface area contributed by atoms with Crippen LogP contribution in [0.15, 0.2) is 0 Å². The van der Waals surface area contributed by atoms with E-state index in [0.29, 0.717) is 0 Å². The number of carbonyl (C=O) groups is 1. The molecule has 0 bridgehead atoms. The van der Waals surface area contributed by atoms with Gasteiger partial charge in [-0.05, 0) is 26.7 Å². The molecule has 0 aliphatic carbocycles. The van der Waals surface area contributed by atoms with Crippen molar-refractivity contribution in [3.8, 4) is 0 Å². The molecule has 6 heteroatoms. The van der Waals surface area contributed by atoms with E-state index in [1.165, 1.54) is 0 Å². The molecule has 0 aliphatic heterocycles. The molecule has 0 unspecified atom stereocenters. The van der Waals surface area contributed by atoms with Crippen LogP contribution in [-0.4, -0.2) is 30.5 Å². The van der Waals surface area contributed by atoms with Gasteiger partial charge in [0.2, 0.25) is 0 Å². The second kappa shape index (κ2) is 6.08. The Kier molecular flexibility index (Phi) is 5.78. The molecule has 0 amide bonds. The van der Waals surface area contributed by atoms with Crippen molar-refractivity contribution in [2.24, 2.45) is 5.41 Å². The van der Waals surface area contributed by atoms with E-state index in [0.717, 1.165) is 0 Å². The first-order chi connectivity index (χ1) is 7.15. The Hall–Kier alpha value is -0.780. The molecule has 0 heterocycles. The number of rotatable bonds is 7.